The third-order valence-electron chi connectivity index (χ3n) is 3.88. The number of aryl methyl sites for hydroxylation is 3. The third-order valence-corrected chi connectivity index (χ3v) is 4.98. The van der Waals surface area contributed by atoms with Crippen LogP contribution >= 0.6 is 11.3 Å². The smallest absolute Gasteiger partial charge is 0.334 e. The summed E-state index contributed by atoms with van der Waals surface area (Å²) in [4.78, 5) is 33.6. The number of nitrogens with zero attached hydrogens (tertiary/aromatic N) is 2. The minimum absolute atomic E-state index is 0.0463. The molecular formula is C16H20F3N3O2S. The molecular weight excluding hydrogens is 355 g/mol. The molecule has 1 amide bonds. The molecule has 0 saturated carbocycles. The molecule has 0 atom stereocenters. The molecule has 1 N–H and O–H groups in total. The molecule has 0 aromatic carbocycles. The average Bonchev–Trinajstić information content (AvgIpc) is 2.78. The number of hydrogen-bond acceptors (Lipinski definition) is 4. The first kappa shape index (κ1) is 19.4. The summed E-state index contributed by atoms with van der Waals surface area (Å²) in [7, 11) is 0. The van der Waals surface area contributed by atoms with Gasteiger partial charge in [0.1, 0.15) is 17.2 Å². The Hall–Kier alpha value is -1.90. The summed E-state index contributed by atoms with van der Waals surface area (Å²) in [5.74, 6) is -0.281. The molecule has 0 spiro atoms. The van der Waals surface area contributed by atoms with Gasteiger partial charge >= 0.3 is 6.18 Å². The maximum atomic E-state index is 12.6. The number of rotatable bonds is 6. The highest BCUT2D eigenvalue weighted by Crippen LogP contribution is 2.25. The SMILES string of the molecule is CCCN(CC(F)(F)F)C(=O)CCc1nc2sc(C)c(C)c2c(=O)[nH]1. The summed E-state index contributed by atoms with van der Waals surface area (Å²) >= 11 is 1.39. The number of carbonyl (C=O) groups excluding carboxylic acids is 1. The normalized spacial score (nSPS) is 11.9. The van der Waals surface area contributed by atoms with Crippen LogP contribution < -0.4 is 5.56 Å². The molecule has 5 nitrogen and oxygen atoms in total. The fourth-order valence-corrected chi connectivity index (χ4v) is 3.63. The number of nitrogens with one attached hydrogen (secondary N) is 1. The predicted molar refractivity (Wildman–Crippen MR) is 91.0 cm³/mol. The van der Waals surface area contributed by atoms with Gasteiger partial charge in [-0.1, -0.05) is 6.92 Å². The molecule has 0 bridgehead atoms. The summed E-state index contributed by atoms with van der Waals surface area (Å²) in [6.45, 7) is 4.24. The number of amides is 1. The van der Waals surface area contributed by atoms with Gasteiger partial charge in [-0.25, -0.2) is 4.98 Å². The number of aromatic nitrogens is 2. The van der Waals surface area contributed by atoms with E-state index in [9.17, 15) is 22.8 Å². The highest BCUT2D eigenvalue weighted by atomic mass is 32.1. The van der Waals surface area contributed by atoms with Crippen LogP contribution in [-0.2, 0) is 11.2 Å². The number of fused-ring (bicyclic) bond motifs is 1. The van der Waals surface area contributed by atoms with Crippen molar-refractivity contribution in [2.75, 3.05) is 13.1 Å². The Kier molecular flexibility index (Phi) is 5.87. The molecule has 25 heavy (non-hydrogen) atoms. The van der Waals surface area contributed by atoms with E-state index in [1.54, 1.807) is 6.92 Å². The zero-order valence-electron chi connectivity index (χ0n) is 14.3. The topological polar surface area (TPSA) is 66.1 Å². The lowest BCUT2D eigenvalue weighted by Crippen LogP contribution is -2.39. The third kappa shape index (κ3) is 4.81. The van der Waals surface area contributed by atoms with Crippen LogP contribution in [0.3, 0.4) is 0 Å². The largest absolute Gasteiger partial charge is 0.406 e. The molecule has 0 fully saturated rings. The van der Waals surface area contributed by atoms with E-state index in [1.807, 2.05) is 13.8 Å². The fraction of sp³-hybridized carbons (Fsp3) is 0.562. The zero-order valence-corrected chi connectivity index (χ0v) is 15.1. The molecule has 2 aromatic heterocycles. The van der Waals surface area contributed by atoms with Crippen LogP contribution in [0, 0.1) is 13.8 Å². The molecule has 0 saturated heterocycles. The monoisotopic (exact) mass is 375 g/mol. The maximum absolute atomic E-state index is 12.6. The van der Waals surface area contributed by atoms with Crippen LogP contribution in [0.2, 0.25) is 0 Å². The average molecular weight is 375 g/mol. The van der Waals surface area contributed by atoms with Crippen LogP contribution in [-0.4, -0.2) is 40.0 Å². The Morgan fingerprint density at radius 3 is 2.60 bits per heavy atom. The lowest BCUT2D eigenvalue weighted by molar-refractivity contribution is -0.161. The number of hydrogen-bond donors (Lipinski definition) is 1. The lowest BCUT2D eigenvalue weighted by atomic mass is 10.2. The molecule has 2 aromatic rings. The van der Waals surface area contributed by atoms with E-state index in [0.29, 0.717) is 22.5 Å². The second-order valence-electron chi connectivity index (χ2n) is 5.91. The van der Waals surface area contributed by atoms with Crippen molar-refractivity contribution in [1.82, 2.24) is 14.9 Å². The van der Waals surface area contributed by atoms with Crippen LogP contribution in [0.1, 0.15) is 36.0 Å². The lowest BCUT2D eigenvalue weighted by Gasteiger charge is -2.23. The highest BCUT2D eigenvalue weighted by molar-refractivity contribution is 7.18. The Morgan fingerprint density at radius 2 is 2.00 bits per heavy atom. The standard InChI is InChI=1S/C16H20F3N3O2S/c1-4-7-22(8-16(17,18)19)12(23)6-5-11-20-14(24)13-9(2)10(3)25-15(13)21-11/h4-8H2,1-3H3,(H,20,21,24). The van der Waals surface area contributed by atoms with E-state index in [2.05, 4.69) is 9.97 Å². The van der Waals surface area contributed by atoms with Gasteiger partial charge in [0.2, 0.25) is 5.91 Å². The maximum Gasteiger partial charge on any atom is 0.406 e. The number of carbonyl (C=O) groups is 1. The molecule has 0 aliphatic rings. The number of alkyl halides is 3. The highest BCUT2D eigenvalue weighted by Gasteiger charge is 2.32. The first-order valence-electron chi connectivity index (χ1n) is 7.95. The first-order chi connectivity index (χ1) is 11.6. The zero-order chi connectivity index (χ0) is 18.8. The van der Waals surface area contributed by atoms with Gasteiger partial charge in [0.05, 0.1) is 5.39 Å². The van der Waals surface area contributed by atoms with Crippen LogP contribution in [0.5, 0.6) is 0 Å². The summed E-state index contributed by atoms with van der Waals surface area (Å²) < 4.78 is 37.7. The van der Waals surface area contributed by atoms with E-state index >= 15 is 0 Å². The number of H-pyrrole nitrogens is 1. The van der Waals surface area contributed by atoms with E-state index < -0.39 is 18.6 Å². The molecule has 0 aliphatic carbocycles. The Labute approximate surface area is 146 Å². The van der Waals surface area contributed by atoms with Crippen molar-refractivity contribution in [1.29, 1.82) is 0 Å². The molecule has 0 radical (unpaired) electrons. The van der Waals surface area contributed by atoms with Crippen molar-refractivity contribution in [3.8, 4) is 0 Å². The Bertz CT molecular complexity index is 826. The quantitative estimate of drug-likeness (QED) is 0.842. The number of thiophene rings is 1. The minimum atomic E-state index is -4.43. The van der Waals surface area contributed by atoms with Crippen LogP contribution in [0.15, 0.2) is 4.79 Å². The van der Waals surface area contributed by atoms with Gasteiger partial charge < -0.3 is 9.88 Å². The van der Waals surface area contributed by atoms with Gasteiger partial charge in [-0.3, -0.25) is 9.59 Å². The van der Waals surface area contributed by atoms with Crippen LogP contribution in [0.25, 0.3) is 10.2 Å². The van der Waals surface area contributed by atoms with Crippen molar-refractivity contribution in [3.63, 3.8) is 0 Å². The fourth-order valence-electron chi connectivity index (χ4n) is 2.58. The van der Waals surface area contributed by atoms with E-state index in [1.165, 1.54) is 11.3 Å². The summed E-state index contributed by atoms with van der Waals surface area (Å²) in [6, 6.07) is 0. The Balaban J connectivity index is 2.13. The summed E-state index contributed by atoms with van der Waals surface area (Å²) in [5, 5.41) is 0.530. The molecule has 2 heterocycles. The molecule has 2 rings (SSSR count). The summed E-state index contributed by atoms with van der Waals surface area (Å²) in [6.07, 6.45) is -4.02. The minimum Gasteiger partial charge on any atom is -0.334 e. The van der Waals surface area contributed by atoms with Crippen molar-refractivity contribution >= 4 is 27.5 Å². The second kappa shape index (κ2) is 7.55. The van der Waals surface area contributed by atoms with Crippen molar-refractivity contribution in [2.24, 2.45) is 0 Å². The van der Waals surface area contributed by atoms with Gasteiger partial charge in [-0.15, -0.1) is 11.3 Å². The molecule has 9 heteroatoms. The number of halogens is 3. The van der Waals surface area contributed by atoms with E-state index in [4.69, 9.17) is 0 Å². The first-order valence-corrected chi connectivity index (χ1v) is 8.77. The van der Waals surface area contributed by atoms with Gasteiger partial charge in [-0.05, 0) is 25.8 Å². The molecule has 0 aliphatic heterocycles. The van der Waals surface area contributed by atoms with Gasteiger partial charge in [-0.2, -0.15) is 13.2 Å². The summed E-state index contributed by atoms with van der Waals surface area (Å²) in [5.41, 5.74) is 0.589. The Morgan fingerprint density at radius 1 is 1.32 bits per heavy atom. The van der Waals surface area contributed by atoms with Gasteiger partial charge in [0.25, 0.3) is 5.56 Å². The van der Waals surface area contributed by atoms with Crippen molar-refractivity contribution in [2.45, 2.75) is 46.2 Å². The molecule has 0 unspecified atom stereocenters. The van der Waals surface area contributed by atoms with Crippen molar-refractivity contribution < 1.29 is 18.0 Å². The van der Waals surface area contributed by atoms with Crippen LogP contribution in [0.4, 0.5) is 13.2 Å². The van der Waals surface area contributed by atoms with Gasteiger partial charge in [0.15, 0.2) is 0 Å². The van der Waals surface area contributed by atoms with Gasteiger partial charge in [0, 0.05) is 24.3 Å². The van der Waals surface area contributed by atoms with E-state index in [0.717, 1.165) is 15.3 Å². The van der Waals surface area contributed by atoms with Crippen molar-refractivity contribution in [3.05, 3.63) is 26.6 Å². The number of aromatic amines is 1. The molecule has 138 valence electrons. The van der Waals surface area contributed by atoms with E-state index in [-0.39, 0.29) is 24.9 Å². The second-order valence-corrected chi connectivity index (χ2v) is 7.11. The predicted octanol–water partition coefficient (Wildman–Crippen LogP) is 3.33.